The van der Waals surface area contributed by atoms with Gasteiger partial charge in [-0.05, 0) is 12.1 Å². The Morgan fingerprint density at radius 3 is 2.89 bits per heavy atom. The number of pyridine rings is 1. The Kier molecular flexibility index (Phi) is 4.48. The lowest BCUT2D eigenvalue weighted by molar-refractivity contribution is 0.178. The van der Waals surface area contributed by atoms with E-state index in [1.807, 2.05) is 18.2 Å². The Hall–Kier alpha value is -1.92. The molecule has 0 spiro atoms. The minimum Gasteiger partial charge on any atom is -0.393 e. The van der Waals surface area contributed by atoms with Crippen LogP contribution in [0.5, 0.6) is 0 Å². The molecule has 0 aliphatic rings. The fourth-order valence-electron chi connectivity index (χ4n) is 1.49. The number of ether oxygens (including phenoxy) is 1. The van der Waals surface area contributed by atoms with E-state index in [0.717, 1.165) is 5.69 Å². The van der Waals surface area contributed by atoms with Crippen LogP contribution in [0.1, 0.15) is 11.5 Å². The Bertz CT molecular complexity index is 549. The van der Waals surface area contributed by atoms with Crippen LogP contribution in [-0.4, -0.2) is 22.1 Å². The monoisotopic (exact) mass is 279 g/mol. The number of nitrogen functional groups attached to an aromatic ring is 1. The molecule has 19 heavy (non-hydrogen) atoms. The lowest BCUT2D eigenvalue weighted by atomic mass is 10.3. The second kappa shape index (κ2) is 6.31. The van der Waals surface area contributed by atoms with Crippen LogP contribution >= 0.6 is 11.6 Å². The molecule has 0 aliphatic carbocycles. The summed E-state index contributed by atoms with van der Waals surface area (Å²) in [6.07, 6.45) is 1.73. The van der Waals surface area contributed by atoms with Gasteiger partial charge in [0.25, 0.3) is 0 Å². The molecule has 0 saturated heterocycles. The van der Waals surface area contributed by atoms with Crippen LogP contribution in [0.25, 0.3) is 0 Å². The molecule has 0 aliphatic heterocycles. The number of anilines is 2. The second-order valence-corrected chi connectivity index (χ2v) is 4.16. The fraction of sp³-hybridized carbons (Fsp3) is 0.250. The van der Waals surface area contributed by atoms with E-state index in [0.29, 0.717) is 23.9 Å². The highest BCUT2D eigenvalue weighted by atomic mass is 35.5. The van der Waals surface area contributed by atoms with E-state index < -0.39 is 0 Å². The normalized spacial score (nSPS) is 10.4. The van der Waals surface area contributed by atoms with Gasteiger partial charge in [0.05, 0.1) is 12.2 Å². The minimum absolute atomic E-state index is 0.213. The molecule has 2 aromatic rings. The number of nitrogens with two attached hydrogens (primary N) is 1. The third-order valence-corrected chi connectivity index (χ3v) is 2.67. The fourth-order valence-corrected chi connectivity index (χ4v) is 1.68. The molecule has 3 N–H and O–H groups in total. The average Bonchev–Trinajstić information content (AvgIpc) is 2.42. The van der Waals surface area contributed by atoms with Crippen LogP contribution in [0.15, 0.2) is 24.4 Å². The van der Waals surface area contributed by atoms with Crippen molar-refractivity contribution in [2.75, 3.05) is 18.2 Å². The van der Waals surface area contributed by atoms with E-state index in [9.17, 15) is 0 Å². The summed E-state index contributed by atoms with van der Waals surface area (Å²) in [6.45, 7) is 0.781. The number of rotatable bonds is 5. The van der Waals surface area contributed by atoms with Crippen molar-refractivity contribution >= 4 is 23.1 Å². The summed E-state index contributed by atoms with van der Waals surface area (Å²) in [6, 6.07) is 5.68. The minimum atomic E-state index is 0.213. The van der Waals surface area contributed by atoms with Gasteiger partial charge < -0.3 is 15.8 Å². The van der Waals surface area contributed by atoms with E-state index in [-0.39, 0.29) is 11.8 Å². The molecule has 2 aromatic heterocycles. The first-order valence-electron chi connectivity index (χ1n) is 5.65. The molecule has 2 rings (SSSR count). The maximum absolute atomic E-state index is 5.95. The van der Waals surface area contributed by atoms with Gasteiger partial charge in [-0.2, -0.15) is 0 Å². The molecule has 0 amide bonds. The van der Waals surface area contributed by atoms with E-state index >= 15 is 0 Å². The van der Waals surface area contributed by atoms with E-state index in [1.54, 1.807) is 13.3 Å². The molecule has 2 heterocycles. The Balaban J connectivity index is 2.15. The van der Waals surface area contributed by atoms with Gasteiger partial charge in [-0.15, -0.1) is 0 Å². The van der Waals surface area contributed by atoms with Crippen molar-refractivity contribution in [1.82, 2.24) is 15.0 Å². The predicted octanol–water partition coefficient (Wildman–Crippen LogP) is 1.87. The number of hydrogen-bond donors (Lipinski definition) is 2. The van der Waals surface area contributed by atoms with Gasteiger partial charge in [0.2, 0.25) is 0 Å². The van der Waals surface area contributed by atoms with Crippen LogP contribution in [-0.2, 0) is 17.9 Å². The van der Waals surface area contributed by atoms with Crippen LogP contribution in [0, 0.1) is 0 Å². The van der Waals surface area contributed by atoms with Crippen molar-refractivity contribution in [2.45, 2.75) is 13.2 Å². The molecule has 100 valence electrons. The summed E-state index contributed by atoms with van der Waals surface area (Å²) in [5.41, 5.74) is 7.03. The maximum Gasteiger partial charge on any atom is 0.158 e. The molecule has 6 nitrogen and oxygen atoms in total. The van der Waals surface area contributed by atoms with Gasteiger partial charge in [0, 0.05) is 13.3 Å². The van der Waals surface area contributed by atoms with Gasteiger partial charge in [-0.3, -0.25) is 4.98 Å². The number of methoxy groups -OCH3 is 1. The zero-order valence-electron chi connectivity index (χ0n) is 10.4. The predicted molar refractivity (Wildman–Crippen MR) is 73.7 cm³/mol. The maximum atomic E-state index is 5.95. The molecule has 0 aromatic carbocycles. The summed E-state index contributed by atoms with van der Waals surface area (Å²) in [7, 11) is 1.56. The first-order valence-corrected chi connectivity index (χ1v) is 6.03. The highest BCUT2D eigenvalue weighted by molar-refractivity contribution is 6.32. The number of nitrogens with zero attached hydrogens (tertiary/aromatic N) is 3. The highest BCUT2D eigenvalue weighted by Crippen LogP contribution is 2.24. The largest absolute Gasteiger partial charge is 0.393 e. The first-order chi connectivity index (χ1) is 9.20. The van der Waals surface area contributed by atoms with Gasteiger partial charge in [-0.1, -0.05) is 17.7 Å². The van der Waals surface area contributed by atoms with Crippen molar-refractivity contribution in [3.63, 3.8) is 0 Å². The second-order valence-electron chi connectivity index (χ2n) is 3.80. The molecule has 0 atom stereocenters. The lowest BCUT2D eigenvalue weighted by Gasteiger charge is -2.10. The molecule has 7 heteroatoms. The van der Waals surface area contributed by atoms with E-state index in [1.165, 1.54) is 0 Å². The third-order valence-electron chi connectivity index (χ3n) is 2.38. The zero-order chi connectivity index (χ0) is 13.7. The van der Waals surface area contributed by atoms with Crippen LogP contribution in [0.4, 0.5) is 11.5 Å². The van der Waals surface area contributed by atoms with Crippen molar-refractivity contribution in [3.05, 3.63) is 41.1 Å². The number of halogens is 1. The van der Waals surface area contributed by atoms with Crippen molar-refractivity contribution in [1.29, 1.82) is 0 Å². The standard InChI is InChI=1S/C12H14ClN5O/c1-19-7-9-17-11(13)10(14)12(18-9)16-6-8-4-2-3-5-15-8/h2-5H,6-7,14H2,1H3,(H,16,17,18). The molecular formula is C12H14ClN5O. The summed E-state index contributed by atoms with van der Waals surface area (Å²) in [4.78, 5) is 12.5. The molecule has 0 fully saturated rings. The van der Waals surface area contributed by atoms with Crippen molar-refractivity contribution in [3.8, 4) is 0 Å². The zero-order valence-corrected chi connectivity index (χ0v) is 11.2. The molecular weight excluding hydrogens is 266 g/mol. The smallest absolute Gasteiger partial charge is 0.158 e. The Morgan fingerprint density at radius 2 is 2.21 bits per heavy atom. The lowest BCUT2D eigenvalue weighted by Crippen LogP contribution is -2.09. The number of aromatic nitrogens is 3. The Morgan fingerprint density at radius 1 is 1.37 bits per heavy atom. The molecule has 0 radical (unpaired) electrons. The molecule has 0 bridgehead atoms. The van der Waals surface area contributed by atoms with Crippen LogP contribution in [0.3, 0.4) is 0 Å². The van der Waals surface area contributed by atoms with Crippen LogP contribution < -0.4 is 11.1 Å². The van der Waals surface area contributed by atoms with E-state index in [2.05, 4.69) is 20.3 Å². The topological polar surface area (TPSA) is 86.0 Å². The SMILES string of the molecule is COCc1nc(Cl)c(N)c(NCc2ccccn2)n1. The van der Waals surface area contributed by atoms with Gasteiger partial charge >= 0.3 is 0 Å². The highest BCUT2D eigenvalue weighted by Gasteiger charge is 2.10. The molecule has 0 saturated carbocycles. The quantitative estimate of drug-likeness (QED) is 0.813. The van der Waals surface area contributed by atoms with Gasteiger partial charge in [-0.25, -0.2) is 9.97 Å². The number of nitrogens with one attached hydrogen (secondary N) is 1. The molecule has 0 unspecified atom stereocenters. The van der Waals surface area contributed by atoms with Gasteiger partial charge in [0.1, 0.15) is 12.3 Å². The summed E-state index contributed by atoms with van der Waals surface area (Å²) >= 11 is 5.95. The average molecular weight is 280 g/mol. The summed E-state index contributed by atoms with van der Waals surface area (Å²) < 4.78 is 4.98. The van der Waals surface area contributed by atoms with E-state index in [4.69, 9.17) is 22.1 Å². The van der Waals surface area contributed by atoms with Crippen molar-refractivity contribution in [2.24, 2.45) is 0 Å². The Labute approximate surface area is 116 Å². The summed E-state index contributed by atoms with van der Waals surface area (Å²) in [5.74, 6) is 0.961. The van der Waals surface area contributed by atoms with Crippen molar-refractivity contribution < 1.29 is 4.74 Å². The third kappa shape index (κ3) is 3.52. The van der Waals surface area contributed by atoms with Gasteiger partial charge in [0.15, 0.2) is 16.8 Å². The number of hydrogen-bond acceptors (Lipinski definition) is 6. The first kappa shape index (κ1) is 13.5. The van der Waals surface area contributed by atoms with Crippen LogP contribution in [0.2, 0.25) is 5.15 Å². The summed E-state index contributed by atoms with van der Waals surface area (Å²) in [5, 5.41) is 3.30.